The lowest BCUT2D eigenvalue weighted by Gasteiger charge is -2.19. The van der Waals surface area contributed by atoms with Gasteiger partial charge in [-0.05, 0) is 36.8 Å². The molecule has 0 fully saturated rings. The van der Waals surface area contributed by atoms with Crippen LogP contribution in [0.2, 0.25) is 0 Å². The van der Waals surface area contributed by atoms with E-state index < -0.39 is 11.8 Å². The van der Waals surface area contributed by atoms with Crippen molar-refractivity contribution in [1.82, 2.24) is 9.88 Å². The number of ether oxygens (including phenoxy) is 2. The third-order valence-electron chi connectivity index (χ3n) is 4.36. The Morgan fingerprint density at radius 3 is 2.77 bits per heavy atom. The Labute approximate surface area is 149 Å². The zero-order chi connectivity index (χ0) is 18.1. The Kier molecular flexibility index (Phi) is 4.12. The van der Waals surface area contributed by atoms with E-state index in [9.17, 15) is 9.59 Å². The second kappa shape index (κ2) is 6.59. The third kappa shape index (κ3) is 2.92. The fourth-order valence-electron chi connectivity index (χ4n) is 3.00. The number of hydrogen-bond acceptors (Lipinski definition) is 5. The zero-order valence-electron chi connectivity index (χ0n) is 14.2. The van der Waals surface area contributed by atoms with Crippen LogP contribution in [0.15, 0.2) is 51.7 Å². The summed E-state index contributed by atoms with van der Waals surface area (Å²) in [6.45, 7) is 3.04. The first-order valence-corrected chi connectivity index (χ1v) is 8.40. The minimum atomic E-state index is -0.691. The number of benzene rings is 2. The van der Waals surface area contributed by atoms with Gasteiger partial charge in [-0.3, -0.25) is 9.36 Å². The lowest BCUT2D eigenvalue weighted by Crippen LogP contribution is -2.34. The summed E-state index contributed by atoms with van der Waals surface area (Å²) in [6, 6.07) is 11.9. The van der Waals surface area contributed by atoms with Gasteiger partial charge >= 0.3 is 5.76 Å². The highest BCUT2D eigenvalue weighted by molar-refractivity contribution is 5.82. The summed E-state index contributed by atoms with van der Waals surface area (Å²) >= 11 is 0. The normalized spacial score (nSPS) is 14.2. The number of nitrogens with one attached hydrogen (secondary N) is 1. The first-order chi connectivity index (χ1) is 12.6. The van der Waals surface area contributed by atoms with Crippen LogP contribution in [0.25, 0.3) is 11.1 Å². The SMILES string of the molecule is CC(C(=O)NCc1ccc2c(c1)OCCO2)n1c(=O)oc2ccccc21. The van der Waals surface area contributed by atoms with Crippen molar-refractivity contribution < 1.29 is 18.7 Å². The maximum Gasteiger partial charge on any atom is 0.420 e. The summed E-state index contributed by atoms with van der Waals surface area (Å²) in [4.78, 5) is 24.6. The van der Waals surface area contributed by atoms with E-state index >= 15 is 0 Å². The molecule has 1 atom stereocenters. The molecule has 0 spiro atoms. The molecule has 1 N–H and O–H groups in total. The molecule has 0 bridgehead atoms. The van der Waals surface area contributed by atoms with Crippen LogP contribution in [0.1, 0.15) is 18.5 Å². The largest absolute Gasteiger partial charge is 0.486 e. The van der Waals surface area contributed by atoms with Gasteiger partial charge in [0, 0.05) is 6.54 Å². The van der Waals surface area contributed by atoms with E-state index in [1.54, 1.807) is 31.2 Å². The fourth-order valence-corrected chi connectivity index (χ4v) is 3.00. The van der Waals surface area contributed by atoms with Crippen molar-refractivity contribution in [2.45, 2.75) is 19.5 Å². The van der Waals surface area contributed by atoms with Crippen molar-refractivity contribution in [1.29, 1.82) is 0 Å². The van der Waals surface area contributed by atoms with Crippen molar-refractivity contribution in [2.24, 2.45) is 0 Å². The van der Waals surface area contributed by atoms with E-state index in [4.69, 9.17) is 13.9 Å². The Bertz CT molecular complexity index is 1020. The first-order valence-electron chi connectivity index (χ1n) is 8.40. The Morgan fingerprint density at radius 1 is 1.15 bits per heavy atom. The van der Waals surface area contributed by atoms with Crippen LogP contribution in [-0.2, 0) is 11.3 Å². The number of hydrogen-bond donors (Lipinski definition) is 1. The minimum Gasteiger partial charge on any atom is -0.486 e. The highest BCUT2D eigenvalue weighted by atomic mass is 16.6. The molecule has 2 heterocycles. The predicted molar refractivity (Wildman–Crippen MR) is 94.5 cm³/mol. The molecule has 3 aromatic rings. The molecule has 1 aliphatic heterocycles. The van der Waals surface area contributed by atoms with Gasteiger partial charge in [-0.1, -0.05) is 18.2 Å². The smallest absolute Gasteiger partial charge is 0.420 e. The number of rotatable bonds is 4. The Morgan fingerprint density at radius 2 is 1.92 bits per heavy atom. The maximum absolute atomic E-state index is 12.5. The van der Waals surface area contributed by atoms with E-state index in [-0.39, 0.29) is 5.91 Å². The van der Waals surface area contributed by atoms with Crippen molar-refractivity contribution in [3.8, 4) is 11.5 Å². The Balaban J connectivity index is 1.49. The predicted octanol–water partition coefficient (Wildman–Crippen LogP) is 2.24. The molecule has 0 aliphatic carbocycles. The van der Waals surface area contributed by atoms with Gasteiger partial charge in [0.1, 0.15) is 19.3 Å². The number of oxazole rings is 1. The van der Waals surface area contributed by atoms with Crippen molar-refractivity contribution in [3.63, 3.8) is 0 Å². The fraction of sp³-hybridized carbons (Fsp3) is 0.263. The summed E-state index contributed by atoms with van der Waals surface area (Å²) in [7, 11) is 0. The molecule has 4 rings (SSSR count). The minimum absolute atomic E-state index is 0.270. The molecule has 1 aliphatic rings. The van der Waals surface area contributed by atoms with Gasteiger partial charge in [-0.15, -0.1) is 0 Å². The standard InChI is InChI=1S/C19H18N2O5/c1-12(21-14-4-2-3-5-15(14)26-19(21)23)18(22)20-11-13-6-7-16-17(10-13)25-9-8-24-16/h2-7,10,12H,8-9,11H2,1H3,(H,20,22). The van der Waals surface area contributed by atoms with Crippen molar-refractivity contribution >= 4 is 17.0 Å². The summed E-state index contributed by atoms with van der Waals surface area (Å²) in [5.41, 5.74) is 1.95. The van der Waals surface area contributed by atoms with Gasteiger partial charge in [-0.2, -0.15) is 0 Å². The van der Waals surface area contributed by atoms with E-state index in [0.29, 0.717) is 42.4 Å². The van der Waals surface area contributed by atoms with Crippen LogP contribution in [0, 0.1) is 0 Å². The second-order valence-corrected chi connectivity index (χ2v) is 6.08. The van der Waals surface area contributed by atoms with Gasteiger partial charge < -0.3 is 19.2 Å². The van der Waals surface area contributed by atoms with Crippen LogP contribution in [0.3, 0.4) is 0 Å². The topological polar surface area (TPSA) is 82.7 Å². The molecule has 1 unspecified atom stereocenters. The summed E-state index contributed by atoms with van der Waals surface area (Å²) in [5, 5.41) is 2.85. The average molecular weight is 354 g/mol. The summed E-state index contributed by atoms with van der Waals surface area (Å²) < 4.78 is 17.6. The van der Waals surface area contributed by atoms with Gasteiger partial charge in [-0.25, -0.2) is 4.79 Å². The van der Waals surface area contributed by atoms with Gasteiger partial charge in [0.2, 0.25) is 5.91 Å². The molecule has 2 aromatic carbocycles. The van der Waals surface area contributed by atoms with Gasteiger partial charge in [0.15, 0.2) is 17.1 Å². The van der Waals surface area contributed by atoms with Crippen LogP contribution in [0.4, 0.5) is 0 Å². The zero-order valence-corrected chi connectivity index (χ0v) is 14.2. The highest BCUT2D eigenvalue weighted by Gasteiger charge is 2.21. The van der Waals surface area contributed by atoms with Crippen molar-refractivity contribution in [3.05, 3.63) is 58.6 Å². The molecule has 1 aromatic heterocycles. The lowest BCUT2D eigenvalue weighted by atomic mass is 10.2. The average Bonchev–Trinajstić information content (AvgIpc) is 3.01. The first kappa shape index (κ1) is 16.3. The van der Waals surface area contributed by atoms with Gasteiger partial charge in [0.05, 0.1) is 5.52 Å². The van der Waals surface area contributed by atoms with E-state index in [1.807, 2.05) is 18.2 Å². The molecule has 7 heteroatoms. The number of fused-ring (bicyclic) bond motifs is 2. The molecule has 0 saturated heterocycles. The summed E-state index contributed by atoms with van der Waals surface area (Å²) in [6.07, 6.45) is 0. The lowest BCUT2D eigenvalue weighted by molar-refractivity contribution is -0.124. The van der Waals surface area contributed by atoms with E-state index in [0.717, 1.165) is 5.56 Å². The van der Waals surface area contributed by atoms with Crippen LogP contribution in [-0.4, -0.2) is 23.7 Å². The number of aromatic nitrogens is 1. The molecule has 26 heavy (non-hydrogen) atoms. The van der Waals surface area contributed by atoms with Crippen LogP contribution in [0.5, 0.6) is 11.5 Å². The number of amides is 1. The number of nitrogens with zero attached hydrogens (tertiary/aromatic N) is 1. The van der Waals surface area contributed by atoms with Crippen molar-refractivity contribution in [2.75, 3.05) is 13.2 Å². The molecule has 134 valence electrons. The summed E-state index contributed by atoms with van der Waals surface area (Å²) in [5.74, 6) is 0.561. The molecule has 0 radical (unpaired) electrons. The molecular formula is C19H18N2O5. The monoisotopic (exact) mass is 354 g/mol. The molecule has 1 amide bonds. The van der Waals surface area contributed by atoms with E-state index in [2.05, 4.69) is 5.32 Å². The van der Waals surface area contributed by atoms with Crippen LogP contribution >= 0.6 is 0 Å². The Hall–Kier alpha value is -3.22. The number of carbonyl (C=O) groups is 1. The highest BCUT2D eigenvalue weighted by Crippen LogP contribution is 2.30. The van der Waals surface area contributed by atoms with Gasteiger partial charge in [0.25, 0.3) is 0 Å². The third-order valence-corrected chi connectivity index (χ3v) is 4.36. The second-order valence-electron chi connectivity index (χ2n) is 6.08. The quantitative estimate of drug-likeness (QED) is 0.777. The van der Waals surface area contributed by atoms with E-state index in [1.165, 1.54) is 4.57 Å². The molecule has 7 nitrogen and oxygen atoms in total. The maximum atomic E-state index is 12.5. The van der Waals surface area contributed by atoms with Crippen LogP contribution < -0.4 is 20.5 Å². The number of carbonyl (C=O) groups excluding carboxylic acids is 1. The number of para-hydroxylation sites is 2. The molecular weight excluding hydrogens is 336 g/mol. The molecule has 0 saturated carbocycles.